The van der Waals surface area contributed by atoms with Crippen molar-refractivity contribution in [3.05, 3.63) is 66.2 Å². The zero-order valence-electron chi connectivity index (χ0n) is 14.5. The van der Waals surface area contributed by atoms with E-state index in [1.54, 1.807) is 12.1 Å². The maximum absolute atomic E-state index is 12.3. The highest BCUT2D eigenvalue weighted by Crippen LogP contribution is 2.17. The Balaban J connectivity index is 1.67. The number of carbonyl (C=O) groups is 2. The lowest BCUT2D eigenvalue weighted by Gasteiger charge is -2.05. The van der Waals surface area contributed by atoms with Gasteiger partial charge in [-0.25, -0.2) is 14.5 Å². The van der Waals surface area contributed by atoms with Gasteiger partial charge in [0.05, 0.1) is 18.4 Å². The third-order valence-corrected chi connectivity index (χ3v) is 3.59. The van der Waals surface area contributed by atoms with E-state index in [0.29, 0.717) is 16.9 Å². The van der Waals surface area contributed by atoms with Crippen molar-refractivity contribution in [3.8, 4) is 11.4 Å². The first-order valence-electron chi connectivity index (χ1n) is 7.93. The molecule has 1 heterocycles. The lowest BCUT2D eigenvalue weighted by Crippen LogP contribution is -2.14. The number of alkyl halides is 2. The van der Waals surface area contributed by atoms with Crippen LogP contribution in [0.5, 0.6) is 5.75 Å². The molecule has 0 fully saturated rings. The van der Waals surface area contributed by atoms with Crippen molar-refractivity contribution in [2.75, 3.05) is 12.4 Å². The zero-order valence-corrected chi connectivity index (χ0v) is 14.5. The summed E-state index contributed by atoms with van der Waals surface area (Å²) >= 11 is 0. The molecule has 3 aromatic rings. The number of hydrogen-bond acceptors (Lipinski definition) is 6. The molecule has 8 nitrogen and oxygen atoms in total. The number of esters is 1. The number of benzene rings is 2. The molecule has 0 bridgehead atoms. The second-order valence-electron chi connectivity index (χ2n) is 5.41. The number of nitrogens with zero attached hydrogens (tertiary/aromatic N) is 3. The minimum atomic E-state index is -2.91. The zero-order chi connectivity index (χ0) is 20.1. The Morgan fingerprint density at radius 1 is 1.07 bits per heavy atom. The molecule has 0 saturated heterocycles. The molecule has 0 atom stereocenters. The van der Waals surface area contributed by atoms with E-state index in [4.69, 9.17) is 0 Å². The second-order valence-corrected chi connectivity index (χ2v) is 5.41. The summed E-state index contributed by atoms with van der Waals surface area (Å²) in [5.41, 5.74) is 1.31. The molecule has 0 saturated carbocycles. The summed E-state index contributed by atoms with van der Waals surface area (Å²) in [5.74, 6) is -1.12. The molecule has 1 amide bonds. The van der Waals surface area contributed by atoms with E-state index in [1.165, 1.54) is 54.5 Å². The molecule has 2 aromatic carbocycles. The van der Waals surface area contributed by atoms with Gasteiger partial charge >= 0.3 is 12.6 Å². The summed E-state index contributed by atoms with van der Waals surface area (Å²) in [6.45, 7) is -2.91. The van der Waals surface area contributed by atoms with Gasteiger partial charge in [0.2, 0.25) is 5.82 Å². The molecule has 10 heteroatoms. The number of amides is 1. The number of aromatic nitrogens is 3. The van der Waals surface area contributed by atoms with Crippen LogP contribution in [-0.4, -0.2) is 40.4 Å². The first kappa shape index (κ1) is 19.0. The smallest absolute Gasteiger partial charge is 0.387 e. The molecule has 28 heavy (non-hydrogen) atoms. The van der Waals surface area contributed by atoms with Crippen LogP contribution in [0.15, 0.2) is 54.9 Å². The van der Waals surface area contributed by atoms with Crippen molar-refractivity contribution >= 4 is 17.6 Å². The molecule has 0 aliphatic heterocycles. The molecule has 0 radical (unpaired) electrons. The van der Waals surface area contributed by atoms with E-state index in [2.05, 4.69) is 24.9 Å². The summed E-state index contributed by atoms with van der Waals surface area (Å²) in [6.07, 6.45) is 1.32. The van der Waals surface area contributed by atoms with Crippen LogP contribution < -0.4 is 10.1 Å². The first-order chi connectivity index (χ1) is 13.5. The van der Waals surface area contributed by atoms with E-state index in [9.17, 15) is 18.4 Å². The lowest BCUT2D eigenvalue weighted by atomic mass is 10.2. The molecule has 0 aliphatic carbocycles. The van der Waals surface area contributed by atoms with Crippen molar-refractivity contribution in [2.24, 2.45) is 0 Å². The van der Waals surface area contributed by atoms with Gasteiger partial charge in [0, 0.05) is 5.69 Å². The van der Waals surface area contributed by atoms with Gasteiger partial charge in [-0.05, 0) is 48.5 Å². The summed E-state index contributed by atoms with van der Waals surface area (Å²) < 4.78 is 34.6. The molecule has 0 spiro atoms. The number of carbonyl (C=O) groups excluding carboxylic acids is 2. The number of hydrogen-bond donors (Lipinski definition) is 1. The lowest BCUT2D eigenvalue weighted by molar-refractivity contribution is -0.0498. The van der Waals surface area contributed by atoms with Crippen LogP contribution in [0.2, 0.25) is 0 Å². The predicted octanol–water partition coefficient (Wildman–Crippen LogP) is 2.91. The van der Waals surface area contributed by atoms with Gasteiger partial charge in [-0.3, -0.25) is 4.79 Å². The Hall–Kier alpha value is -3.82. The molecule has 1 N–H and O–H groups in total. The van der Waals surface area contributed by atoms with Crippen molar-refractivity contribution in [3.63, 3.8) is 0 Å². The summed E-state index contributed by atoms with van der Waals surface area (Å²) in [4.78, 5) is 27.6. The van der Waals surface area contributed by atoms with Crippen molar-refractivity contribution in [1.82, 2.24) is 14.8 Å². The number of halogens is 2. The van der Waals surface area contributed by atoms with E-state index in [1.807, 2.05) is 0 Å². The van der Waals surface area contributed by atoms with Gasteiger partial charge < -0.3 is 14.8 Å². The number of methoxy groups -OCH3 is 1. The number of anilines is 1. The topological polar surface area (TPSA) is 95.3 Å². The third kappa shape index (κ3) is 4.47. The van der Waals surface area contributed by atoms with E-state index in [-0.39, 0.29) is 11.6 Å². The number of ether oxygens (including phenoxy) is 2. The maximum atomic E-state index is 12.3. The average molecular weight is 388 g/mol. The molecule has 0 aliphatic rings. The van der Waals surface area contributed by atoms with Crippen LogP contribution in [0.25, 0.3) is 5.69 Å². The van der Waals surface area contributed by atoms with Crippen LogP contribution >= 0.6 is 0 Å². The highest BCUT2D eigenvalue weighted by atomic mass is 19.3. The number of nitrogens with one attached hydrogen (secondary N) is 1. The van der Waals surface area contributed by atoms with E-state index >= 15 is 0 Å². The molecular weight excluding hydrogens is 374 g/mol. The van der Waals surface area contributed by atoms with Crippen LogP contribution in [0.3, 0.4) is 0 Å². The van der Waals surface area contributed by atoms with Crippen molar-refractivity contribution in [1.29, 1.82) is 0 Å². The van der Waals surface area contributed by atoms with Gasteiger partial charge in [0.15, 0.2) is 0 Å². The summed E-state index contributed by atoms with van der Waals surface area (Å²) in [6, 6.07) is 11.8. The summed E-state index contributed by atoms with van der Waals surface area (Å²) in [5, 5.41) is 6.66. The number of rotatable bonds is 6. The van der Waals surface area contributed by atoms with Gasteiger partial charge in [0.25, 0.3) is 5.91 Å². The van der Waals surface area contributed by atoms with Gasteiger partial charge in [-0.2, -0.15) is 8.78 Å². The third-order valence-electron chi connectivity index (χ3n) is 3.59. The second kappa shape index (κ2) is 8.25. The SMILES string of the molecule is COC(=O)c1ccc(NC(=O)c2ncn(-c3ccc(OC(F)F)cc3)n2)cc1. The predicted molar refractivity (Wildman–Crippen MR) is 93.7 cm³/mol. The van der Waals surface area contributed by atoms with Crippen LogP contribution in [0, 0.1) is 0 Å². The van der Waals surface area contributed by atoms with E-state index in [0.717, 1.165) is 0 Å². The highest BCUT2D eigenvalue weighted by Gasteiger charge is 2.13. The minimum Gasteiger partial charge on any atom is -0.465 e. The Kier molecular flexibility index (Phi) is 5.58. The van der Waals surface area contributed by atoms with Crippen molar-refractivity contribution < 1.29 is 27.8 Å². The molecule has 3 rings (SSSR count). The van der Waals surface area contributed by atoms with Gasteiger partial charge in [0.1, 0.15) is 12.1 Å². The Morgan fingerprint density at radius 2 is 1.75 bits per heavy atom. The van der Waals surface area contributed by atoms with E-state index < -0.39 is 18.5 Å². The Labute approximate surface area is 157 Å². The Morgan fingerprint density at radius 3 is 2.36 bits per heavy atom. The van der Waals surface area contributed by atoms with Gasteiger partial charge in [-0.1, -0.05) is 0 Å². The van der Waals surface area contributed by atoms with Crippen molar-refractivity contribution in [2.45, 2.75) is 6.61 Å². The quantitative estimate of drug-likeness (QED) is 0.653. The summed E-state index contributed by atoms with van der Waals surface area (Å²) in [7, 11) is 1.28. The standard InChI is InChI=1S/C18H14F2N4O4/c1-27-17(26)11-2-4-12(5-3-11)22-16(25)15-21-10-24(23-15)13-6-8-14(9-7-13)28-18(19)20/h2-10,18H,1H3,(H,22,25). The molecule has 1 aromatic heterocycles. The largest absolute Gasteiger partial charge is 0.465 e. The molecule has 0 unspecified atom stereocenters. The fourth-order valence-electron chi connectivity index (χ4n) is 2.27. The fourth-order valence-corrected chi connectivity index (χ4v) is 2.27. The maximum Gasteiger partial charge on any atom is 0.387 e. The normalized spacial score (nSPS) is 10.6. The molecule has 144 valence electrons. The average Bonchev–Trinajstić information content (AvgIpc) is 3.18. The van der Waals surface area contributed by atoms with Crippen LogP contribution in [-0.2, 0) is 4.74 Å². The van der Waals surface area contributed by atoms with Crippen LogP contribution in [0.4, 0.5) is 14.5 Å². The monoisotopic (exact) mass is 388 g/mol. The fraction of sp³-hybridized carbons (Fsp3) is 0.111. The molecular formula is C18H14F2N4O4. The first-order valence-corrected chi connectivity index (χ1v) is 7.93. The highest BCUT2D eigenvalue weighted by molar-refractivity contribution is 6.01. The van der Waals surface area contributed by atoms with Crippen LogP contribution in [0.1, 0.15) is 21.0 Å². The Bertz CT molecular complexity index is 972. The minimum absolute atomic E-state index is 0.00670. The van der Waals surface area contributed by atoms with Gasteiger partial charge in [-0.15, -0.1) is 5.10 Å².